The van der Waals surface area contributed by atoms with Crippen LogP contribution >= 0.6 is 0 Å². The molecule has 1 fully saturated rings. The van der Waals surface area contributed by atoms with Crippen molar-refractivity contribution < 1.29 is 0 Å². The van der Waals surface area contributed by atoms with E-state index in [2.05, 4.69) is 86.6 Å². The lowest BCUT2D eigenvalue weighted by Crippen LogP contribution is -2.44. The van der Waals surface area contributed by atoms with E-state index in [1.165, 1.54) is 0 Å². The molecule has 7 heteroatoms. The molecule has 3 aromatic heterocycles. The van der Waals surface area contributed by atoms with Crippen LogP contribution in [0.4, 0.5) is 11.5 Å². The van der Waals surface area contributed by atoms with Gasteiger partial charge in [-0.1, -0.05) is 12.1 Å². The fourth-order valence-corrected chi connectivity index (χ4v) is 3.96. The number of aromatic nitrogens is 4. The van der Waals surface area contributed by atoms with Gasteiger partial charge in [0, 0.05) is 69.5 Å². The Morgan fingerprint density at radius 3 is 2.42 bits per heavy atom. The van der Waals surface area contributed by atoms with E-state index in [0.29, 0.717) is 0 Å². The van der Waals surface area contributed by atoms with E-state index in [4.69, 9.17) is 4.98 Å². The number of anilines is 2. The third-order valence-electron chi connectivity index (χ3n) is 5.93. The molecular weight excluding hydrogens is 386 g/mol. The normalized spacial score (nSPS) is 14.9. The van der Waals surface area contributed by atoms with Crippen LogP contribution < -0.4 is 9.80 Å². The second-order valence-electron chi connectivity index (χ2n) is 8.28. The van der Waals surface area contributed by atoms with Crippen LogP contribution in [-0.4, -0.2) is 71.6 Å². The lowest BCUT2D eigenvalue weighted by Gasteiger charge is -2.33. The fraction of sp³-hybridized carbons (Fsp3) is 0.292. The van der Waals surface area contributed by atoms with Crippen molar-refractivity contribution in [3.8, 4) is 22.5 Å². The average Bonchev–Trinajstić information content (AvgIpc) is 3.23. The number of imidazole rings is 1. The largest absolute Gasteiger partial charge is 0.378 e. The minimum Gasteiger partial charge on any atom is -0.378 e. The molecule has 1 aliphatic heterocycles. The second-order valence-corrected chi connectivity index (χ2v) is 8.28. The van der Waals surface area contributed by atoms with E-state index in [9.17, 15) is 0 Å². The Morgan fingerprint density at radius 1 is 0.839 bits per heavy atom. The number of nitrogens with zero attached hydrogens (tertiary/aromatic N) is 7. The van der Waals surface area contributed by atoms with Gasteiger partial charge in [-0.3, -0.25) is 9.38 Å². The summed E-state index contributed by atoms with van der Waals surface area (Å²) in [7, 11) is 6.26. The van der Waals surface area contributed by atoms with Gasteiger partial charge in [0.05, 0.1) is 23.8 Å². The predicted molar refractivity (Wildman–Crippen MR) is 126 cm³/mol. The summed E-state index contributed by atoms with van der Waals surface area (Å²) in [6.07, 6.45) is 7.70. The van der Waals surface area contributed by atoms with Crippen LogP contribution in [0.2, 0.25) is 0 Å². The van der Waals surface area contributed by atoms with Crippen molar-refractivity contribution in [1.82, 2.24) is 24.3 Å². The van der Waals surface area contributed by atoms with Crippen LogP contribution in [0.1, 0.15) is 0 Å². The lowest BCUT2D eigenvalue weighted by atomic mass is 10.1. The van der Waals surface area contributed by atoms with Crippen molar-refractivity contribution in [3.05, 3.63) is 61.2 Å². The summed E-state index contributed by atoms with van der Waals surface area (Å²) < 4.78 is 2.10. The smallest absolute Gasteiger partial charge is 0.155 e. The number of fused-ring (bicyclic) bond motifs is 1. The third-order valence-corrected chi connectivity index (χ3v) is 5.93. The molecule has 0 spiro atoms. The highest BCUT2D eigenvalue weighted by molar-refractivity contribution is 5.69. The number of pyridine rings is 1. The van der Waals surface area contributed by atoms with E-state index in [0.717, 1.165) is 65.8 Å². The molecule has 7 nitrogen and oxygen atoms in total. The Kier molecular flexibility index (Phi) is 5.03. The minimum absolute atomic E-state index is 0.830. The van der Waals surface area contributed by atoms with Gasteiger partial charge in [-0.2, -0.15) is 0 Å². The van der Waals surface area contributed by atoms with Gasteiger partial charge in [-0.25, -0.2) is 9.97 Å². The number of hydrogen-bond acceptors (Lipinski definition) is 6. The number of rotatable bonds is 4. The monoisotopic (exact) mass is 413 g/mol. The van der Waals surface area contributed by atoms with E-state index in [-0.39, 0.29) is 0 Å². The first kappa shape index (κ1) is 19.5. The van der Waals surface area contributed by atoms with Gasteiger partial charge in [0.15, 0.2) is 5.65 Å². The molecule has 0 amide bonds. The highest BCUT2D eigenvalue weighted by Gasteiger charge is 2.15. The first-order chi connectivity index (χ1) is 15.1. The Hall–Kier alpha value is -3.45. The maximum absolute atomic E-state index is 4.72. The molecule has 1 aromatic carbocycles. The molecule has 0 saturated carbocycles. The quantitative estimate of drug-likeness (QED) is 0.512. The first-order valence-corrected chi connectivity index (χ1v) is 10.6. The summed E-state index contributed by atoms with van der Waals surface area (Å²) in [5.74, 6) is 1.03. The second kappa shape index (κ2) is 8.00. The summed E-state index contributed by atoms with van der Waals surface area (Å²) >= 11 is 0. The number of hydrogen-bond donors (Lipinski definition) is 0. The Morgan fingerprint density at radius 2 is 1.68 bits per heavy atom. The standard InChI is InChI=1S/C24H27N7/c1-28(2)20-6-4-5-18(13-20)22-15-27-24-16-25-21(17-31(22)24)19-7-8-23(26-14-19)30-11-9-29(3)10-12-30/h4-8,13-17H,9-12H2,1-3H3. The van der Waals surface area contributed by atoms with E-state index in [1.54, 1.807) is 0 Å². The highest BCUT2D eigenvalue weighted by atomic mass is 15.3. The SMILES string of the molecule is CN1CCN(c2ccc(-c3cn4c(-c5cccc(N(C)C)c5)cnc4cn3)cn2)CC1. The molecule has 158 valence electrons. The summed E-state index contributed by atoms with van der Waals surface area (Å²) in [5.41, 5.74) is 6.04. The Labute approximate surface area is 182 Å². The zero-order valence-corrected chi connectivity index (χ0v) is 18.2. The van der Waals surface area contributed by atoms with Gasteiger partial charge >= 0.3 is 0 Å². The molecule has 0 bridgehead atoms. The van der Waals surface area contributed by atoms with Gasteiger partial charge in [0.2, 0.25) is 0 Å². The zero-order valence-electron chi connectivity index (χ0n) is 18.2. The van der Waals surface area contributed by atoms with Crippen molar-refractivity contribution in [2.24, 2.45) is 0 Å². The fourth-order valence-electron chi connectivity index (χ4n) is 3.96. The topological polar surface area (TPSA) is 52.8 Å². The molecule has 31 heavy (non-hydrogen) atoms. The molecule has 5 rings (SSSR count). The maximum Gasteiger partial charge on any atom is 0.155 e. The van der Waals surface area contributed by atoms with Gasteiger partial charge in [-0.15, -0.1) is 0 Å². The molecule has 0 radical (unpaired) electrons. The van der Waals surface area contributed by atoms with E-state index < -0.39 is 0 Å². The summed E-state index contributed by atoms with van der Waals surface area (Å²) in [6, 6.07) is 12.7. The van der Waals surface area contributed by atoms with Crippen LogP contribution in [0.5, 0.6) is 0 Å². The van der Waals surface area contributed by atoms with Crippen molar-refractivity contribution in [2.75, 3.05) is 57.1 Å². The van der Waals surface area contributed by atoms with Crippen molar-refractivity contribution in [3.63, 3.8) is 0 Å². The van der Waals surface area contributed by atoms with Crippen LogP contribution in [-0.2, 0) is 0 Å². The van der Waals surface area contributed by atoms with Crippen molar-refractivity contribution in [1.29, 1.82) is 0 Å². The summed E-state index contributed by atoms with van der Waals surface area (Å²) in [5, 5.41) is 0. The van der Waals surface area contributed by atoms with Crippen molar-refractivity contribution in [2.45, 2.75) is 0 Å². The van der Waals surface area contributed by atoms with Gasteiger partial charge in [0.25, 0.3) is 0 Å². The molecule has 0 atom stereocenters. The molecule has 0 unspecified atom stereocenters. The van der Waals surface area contributed by atoms with Crippen LogP contribution in [0.15, 0.2) is 61.2 Å². The van der Waals surface area contributed by atoms with Gasteiger partial charge in [-0.05, 0) is 31.3 Å². The summed E-state index contributed by atoms with van der Waals surface area (Å²) in [6.45, 7) is 4.16. The molecule has 4 aromatic rings. The number of likely N-dealkylation sites (N-methyl/N-ethyl adjacent to an activating group) is 1. The molecule has 4 heterocycles. The molecule has 1 saturated heterocycles. The summed E-state index contributed by atoms with van der Waals surface area (Å²) in [4.78, 5) is 20.7. The molecule has 0 N–H and O–H groups in total. The molecule has 1 aliphatic rings. The van der Waals surface area contributed by atoms with E-state index in [1.807, 2.05) is 24.8 Å². The Bertz CT molecular complexity index is 1190. The maximum atomic E-state index is 4.72. The molecular formula is C24H27N7. The van der Waals surface area contributed by atoms with Gasteiger partial charge < -0.3 is 14.7 Å². The Balaban J connectivity index is 1.46. The van der Waals surface area contributed by atoms with Crippen LogP contribution in [0.3, 0.4) is 0 Å². The average molecular weight is 414 g/mol. The minimum atomic E-state index is 0.830. The van der Waals surface area contributed by atoms with Crippen LogP contribution in [0, 0.1) is 0 Å². The molecule has 0 aliphatic carbocycles. The predicted octanol–water partition coefficient (Wildman–Crippen LogP) is 3.28. The number of piperazine rings is 1. The van der Waals surface area contributed by atoms with Gasteiger partial charge in [0.1, 0.15) is 5.82 Å². The van der Waals surface area contributed by atoms with E-state index >= 15 is 0 Å². The van der Waals surface area contributed by atoms with Crippen LogP contribution in [0.25, 0.3) is 28.2 Å². The number of benzene rings is 1. The third kappa shape index (κ3) is 3.84. The zero-order chi connectivity index (χ0) is 21.4. The first-order valence-electron chi connectivity index (χ1n) is 10.6. The highest BCUT2D eigenvalue weighted by Crippen LogP contribution is 2.27. The van der Waals surface area contributed by atoms with Crippen molar-refractivity contribution >= 4 is 17.2 Å². The lowest BCUT2D eigenvalue weighted by molar-refractivity contribution is 0.312.